The summed E-state index contributed by atoms with van der Waals surface area (Å²) in [5.74, 6) is -0.757. The third kappa shape index (κ3) is 6.29. The first-order valence-electron chi connectivity index (χ1n) is 8.94. The molecule has 0 heterocycles. The first-order valence-corrected chi connectivity index (χ1v) is 10.2. The molecule has 4 nitrogen and oxygen atoms in total. The predicted molar refractivity (Wildman–Crippen MR) is 112 cm³/mol. The molecule has 144 valence electrons. The van der Waals surface area contributed by atoms with Crippen LogP contribution >= 0.6 is 23.4 Å². The molecule has 1 amide bonds. The van der Waals surface area contributed by atoms with Crippen molar-refractivity contribution in [2.45, 2.75) is 43.8 Å². The molecule has 1 atom stereocenters. The van der Waals surface area contributed by atoms with Crippen LogP contribution in [-0.2, 0) is 27.2 Å². The number of para-hydroxylation sites is 1. The SMILES string of the molecule is CCc1cccc(CC)c1NC(=O)COC(=O)[C@@H](C)Sc1ccc(Cl)cc1. The number of ether oxygens (including phenoxy) is 1. The van der Waals surface area contributed by atoms with E-state index in [0.717, 1.165) is 34.6 Å². The van der Waals surface area contributed by atoms with E-state index in [-0.39, 0.29) is 12.5 Å². The number of hydrogen-bond donors (Lipinski definition) is 1. The molecule has 0 aliphatic heterocycles. The van der Waals surface area contributed by atoms with Crippen LogP contribution in [0.3, 0.4) is 0 Å². The highest BCUT2D eigenvalue weighted by molar-refractivity contribution is 8.00. The number of halogens is 1. The first kappa shape index (κ1) is 21.3. The second-order valence-corrected chi connectivity index (χ2v) is 7.88. The highest BCUT2D eigenvalue weighted by Gasteiger charge is 2.18. The number of nitrogens with one attached hydrogen (secondary N) is 1. The number of aryl methyl sites for hydroxylation is 2. The van der Waals surface area contributed by atoms with Crippen molar-refractivity contribution < 1.29 is 14.3 Å². The zero-order valence-corrected chi connectivity index (χ0v) is 17.3. The van der Waals surface area contributed by atoms with Crippen LogP contribution in [0, 0.1) is 0 Å². The maximum Gasteiger partial charge on any atom is 0.319 e. The molecule has 0 aliphatic rings. The Hall–Kier alpha value is -1.98. The topological polar surface area (TPSA) is 55.4 Å². The van der Waals surface area contributed by atoms with Gasteiger partial charge in [0, 0.05) is 15.6 Å². The monoisotopic (exact) mass is 405 g/mol. The Morgan fingerprint density at radius 2 is 1.67 bits per heavy atom. The zero-order valence-electron chi connectivity index (χ0n) is 15.8. The van der Waals surface area contributed by atoms with Gasteiger partial charge in [0.25, 0.3) is 5.91 Å². The number of hydrogen-bond acceptors (Lipinski definition) is 4. The van der Waals surface area contributed by atoms with Crippen LogP contribution in [0.2, 0.25) is 5.02 Å². The number of esters is 1. The number of anilines is 1. The van der Waals surface area contributed by atoms with Gasteiger partial charge in [-0.2, -0.15) is 0 Å². The number of carbonyl (C=O) groups is 2. The molecule has 1 N–H and O–H groups in total. The van der Waals surface area contributed by atoms with Crippen LogP contribution in [0.5, 0.6) is 0 Å². The molecular weight excluding hydrogens is 382 g/mol. The standard InChI is InChI=1S/C21H24ClNO3S/c1-4-15-7-6-8-16(5-2)20(15)23-19(24)13-26-21(25)14(3)27-18-11-9-17(22)10-12-18/h6-12,14H,4-5,13H2,1-3H3,(H,23,24)/t14-/m1/s1. The third-order valence-corrected chi connectivity index (χ3v) is 5.41. The Labute approximate surface area is 169 Å². The highest BCUT2D eigenvalue weighted by atomic mass is 35.5. The first-order chi connectivity index (χ1) is 12.9. The smallest absolute Gasteiger partial charge is 0.319 e. The molecule has 6 heteroatoms. The summed E-state index contributed by atoms with van der Waals surface area (Å²) in [5.41, 5.74) is 2.97. The number of thioether (sulfide) groups is 1. The highest BCUT2D eigenvalue weighted by Crippen LogP contribution is 2.25. The number of benzene rings is 2. The molecule has 0 unspecified atom stereocenters. The van der Waals surface area contributed by atoms with Gasteiger partial charge in [0.1, 0.15) is 5.25 Å². The van der Waals surface area contributed by atoms with Gasteiger partial charge in [-0.15, -0.1) is 11.8 Å². The zero-order chi connectivity index (χ0) is 19.8. The lowest BCUT2D eigenvalue weighted by molar-refractivity contribution is -0.146. The molecule has 0 radical (unpaired) electrons. The van der Waals surface area contributed by atoms with Crippen molar-refractivity contribution in [1.29, 1.82) is 0 Å². The van der Waals surface area contributed by atoms with E-state index in [0.29, 0.717) is 5.02 Å². The second-order valence-electron chi connectivity index (χ2n) is 6.03. The average Bonchev–Trinajstić information content (AvgIpc) is 2.67. The van der Waals surface area contributed by atoms with Crippen LogP contribution in [0.1, 0.15) is 31.9 Å². The maximum atomic E-state index is 12.3. The minimum absolute atomic E-state index is 0.300. The van der Waals surface area contributed by atoms with Gasteiger partial charge >= 0.3 is 5.97 Å². The van der Waals surface area contributed by atoms with Crippen LogP contribution in [0.15, 0.2) is 47.4 Å². The fourth-order valence-corrected chi connectivity index (χ4v) is 3.59. The lowest BCUT2D eigenvalue weighted by atomic mass is 10.0. The summed E-state index contributed by atoms with van der Waals surface area (Å²) >= 11 is 7.22. The third-order valence-electron chi connectivity index (χ3n) is 4.07. The maximum absolute atomic E-state index is 12.3. The summed E-state index contributed by atoms with van der Waals surface area (Å²) in [6.07, 6.45) is 1.63. The van der Waals surface area contributed by atoms with E-state index in [4.69, 9.17) is 16.3 Å². The van der Waals surface area contributed by atoms with E-state index in [9.17, 15) is 9.59 Å². The molecule has 0 bridgehead atoms. The van der Waals surface area contributed by atoms with Crippen molar-refractivity contribution in [3.8, 4) is 0 Å². The van der Waals surface area contributed by atoms with Crippen molar-refractivity contribution in [3.63, 3.8) is 0 Å². The summed E-state index contributed by atoms with van der Waals surface area (Å²) in [5, 5.41) is 3.11. The normalized spacial score (nSPS) is 11.7. The summed E-state index contributed by atoms with van der Waals surface area (Å²) in [6, 6.07) is 13.2. The Bertz CT molecular complexity index is 770. The molecule has 2 rings (SSSR count). The van der Waals surface area contributed by atoms with Gasteiger partial charge in [-0.25, -0.2) is 0 Å². The molecule has 0 fully saturated rings. The molecule has 0 spiro atoms. The van der Waals surface area contributed by atoms with Crippen molar-refractivity contribution >= 4 is 40.9 Å². The minimum Gasteiger partial charge on any atom is -0.455 e. The molecular formula is C21H24ClNO3S. The van der Waals surface area contributed by atoms with Crippen LogP contribution in [0.4, 0.5) is 5.69 Å². The van der Waals surface area contributed by atoms with E-state index >= 15 is 0 Å². The molecule has 0 aliphatic carbocycles. The number of carbonyl (C=O) groups excluding carboxylic acids is 2. The lowest BCUT2D eigenvalue weighted by Gasteiger charge is -2.15. The van der Waals surface area contributed by atoms with Crippen molar-refractivity contribution in [2.75, 3.05) is 11.9 Å². The second kappa shape index (κ2) is 10.4. The molecule has 0 saturated carbocycles. The van der Waals surface area contributed by atoms with Crippen LogP contribution in [0.25, 0.3) is 0 Å². The van der Waals surface area contributed by atoms with Gasteiger partial charge in [-0.05, 0) is 55.2 Å². The molecule has 0 saturated heterocycles. The van der Waals surface area contributed by atoms with Gasteiger partial charge in [0.15, 0.2) is 6.61 Å². The van der Waals surface area contributed by atoms with Gasteiger partial charge in [-0.3, -0.25) is 9.59 Å². The van der Waals surface area contributed by atoms with E-state index in [1.807, 2.05) is 44.2 Å². The van der Waals surface area contributed by atoms with Crippen molar-refractivity contribution in [3.05, 3.63) is 58.6 Å². The van der Waals surface area contributed by atoms with Gasteiger partial charge in [0.2, 0.25) is 0 Å². The Kier molecular flexibility index (Phi) is 8.20. The Morgan fingerprint density at radius 3 is 2.22 bits per heavy atom. The summed E-state index contributed by atoms with van der Waals surface area (Å²) in [4.78, 5) is 25.3. The number of amides is 1. The molecule has 2 aromatic rings. The Morgan fingerprint density at radius 1 is 1.07 bits per heavy atom. The summed E-state index contributed by atoms with van der Waals surface area (Å²) in [7, 11) is 0. The number of rotatable bonds is 8. The Balaban J connectivity index is 1.89. The van der Waals surface area contributed by atoms with E-state index in [2.05, 4.69) is 5.32 Å². The largest absolute Gasteiger partial charge is 0.455 e. The van der Waals surface area contributed by atoms with Crippen molar-refractivity contribution in [1.82, 2.24) is 0 Å². The van der Waals surface area contributed by atoms with Crippen LogP contribution in [-0.4, -0.2) is 23.7 Å². The summed E-state index contributed by atoms with van der Waals surface area (Å²) < 4.78 is 5.18. The van der Waals surface area contributed by atoms with Gasteiger partial charge in [-0.1, -0.05) is 43.6 Å². The lowest BCUT2D eigenvalue weighted by Crippen LogP contribution is -2.25. The average molecular weight is 406 g/mol. The van der Waals surface area contributed by atoms with Gasteiger partial charge < -0.3 is 10.1 Å². The molecule has 0 aromatic heterocycles. The summed E-state index contributed by atoms with van der Waals surface area (Å²) in [6.45, 7) is 5.53. The van der Waals surface area contributed by atoms with Crippen LogP contribution < -0.4 is 5.32 Å². The van der Waals surface area contributed by atoms with E-state index in [1.165, 1.54) is 11.8 Å². The predicted octanol–water partition coefficient (Wildman–Crippen LogP) is 5.13. The molecule has 2 aromatic carbocycles. The van der Waals surface area contributed by atoms with Gasteiger partial charge in [0.05, 0.1) is 0 Å². The molecule has 27 heavy (non-hydrogen) atoms. The fraction of sp³-hybridized carbons (Fsp3) is 0.333. The van der Waals surface area contributed by atoms with E-state index < -0.39 is 11.2 Å². The van der Waals surface area contributed by atoms with E-state index in [1.54, 1.807) is 19.1 Å². The fourth-order valence-electron chi connectivity index (χ4n) is 2.60. The minimum atomic E-state index is -0.426. The van der Waals surface area contributed by atoms with Crippen molar-refractivity contribution in [2.24, 2.45) is 0 Å². The quantitative estimate of drug-likeness (QED) is 0.488.